The monoisotopic (exact) mass is 430 g/mol. The maximum atomic E-state index is 12.7. The highest BCUT2D eigenvalue weighted by Crippen LogP contribution is 2.28. The van der Waals surface area contributed by atoms with Gasteiger partial charge < -0.3 is 15.0 Å². The average Bonchev–Trinajstić information content (AvgIpc) is 2.83. The standard InChI is InChI=1S/C26H30N4O2/c1-19-4-3-5-25(28-19)29-22-9-12-24(27-18-22)21-14-16-30(17-15-21)26(31)13-8-20-6-10-23(32-2)11-7-20/h3-7,9-12,18,21H,8,13-17H2,1-2H3,(H,28,29). The van der Waals surface area contributed by atoms with Crippen LogP contribution in [0.2, 0.25) is 0 Å². The number of nitrogens with one attached hydrogen (secondary N) is 1. The summed E-state index contributed by atoms with van der Waals surface area (Å²) >= 11 is 0. The van der Waals surface area contributed by atoms with Crippen LogP contribution in [0.15, 0.2) is 60.8 Å². The van der Waals surface area contributed by atoms with Crippen LogP contribution in [0.1, 0.15) is 42.1 Å². The lowest BCUT2D eigenvalue weighted by molar-refractivity contribution is -0.132. The van der Waals surface area contributed by atoms with Crippen LogP contribution >= 0.6 is 0 Å². The lowest BCUT2D eigenvalue weighted by Crippen LogP contribution is -2.38. The molecule has 3 aromatic rings. The van der Waals surface area contributed by atoms with E-state index in [0.29, 0.717) is 12.3 Å². The molecule has 0 aliphatic carbocycles. The van der Waals surface area contributed by atoms with E-state index >= 15 is 0 Å². The van der Waals surface area contributed by atoms with Gasteiger partial charge in [0.2, 0.25) is 5.91 Å². The fraction of sp³-hybridized carbons (Fsp3) is 0.346. The van der Waals surface area contributed by atoms with Gasteiger partial charge in [0.25, 0.3) is 0 Å². The molecule has 0 radical (unpaired) electrons. The summed E-state index contributed by atoms with van der Waals surface area (Å²) in [7, 11) is 1.66. The molecule has 0 bridgehead atoms. The molecule has 4 rings (SSSR count). The first-order chi connectivity index (χ1) is 15.6. The summed E-state index contributed by atoms with van der Waals surface area (Å²) in [5.74, 6) is 2.29. The fourth-order valence-corrected chi connectivity index (χ4v) is 4.11. The SMILES string of the molecule is COc1ccc(CCC(=O)N2CCC(c3ccc(Nc4cccc(C)n4)cn3)CC2)cc1. The minimum atomic E-state index is 0.234. The van der Waals surface area contributed by atoms with E-state index in [0.717, 1.165) is 66.6 Å². The zero-order valence-electron chi connectivity index (χ0n) is 18.8. The second-order valence-electron chi connectivity index (χ2n) is 8.26. The molecule has 1 amide bonds. The third-order valence-electron chi connectivity index (χ3n) is 6.00. The van der Waals surface area contributed by atoms with Crippen molar-refractivity contribution in [2.24, 2.45) is 0 Å². The van der Waals surface area contributed by atoms with Gasteiger partial charge in [-0.05, 0) is 68.1 Å². The summed E-state index contributed by atoms with van der Waals surface area (Å²) in [5.41, 5.74) is 4.16. The first kappa shape index (κ1) is 21.8. The second-order valence-corrected chi connectivity index (χ2v) is 8.26. The number of rotatable bonds is 7. The van der Waals surface area contributed by atoms with E-state index in [2.05, 4.69) is 27.4 Å². The Morgan fingerprint density at radius 2 is 1.88 bits per heavy atom. The van der Waals surface area contributed by atoms with Gasteiger partial charge in [-0.25, -0.2) is 4.98 Å². The Kier molecular flexibility index (Phi) is 7.00. The number of carbonyl (C=O) groups excluding carboxylic acids is 1. The number of anilines is 2. The molecule has 1 aliphatic rings. The summed E-state index contributed by atoms with van der Waals surface area (Å²) in [5, 5.41) is 3.30. The molecule has 0 saturated carbocycles. The molecule has 1 N–H and O–H groups in total. The van der Waals surface area contributed by atoms with Crippen LogP contribution in [0.5, 0.6) is 5.75 Å². The van der Waals surface area contributed by atoms with Crippen molar-refractivity contribution in [2.45, 2.75) is 38.5 Å². The van der Waals surface area contributed by atoms with Gasteiger partial charge >= 0.3 is 0 Å². The van der Waals surface area contributed by atoms with Crippen molar-refractivity contribution in [1.29, 1.82) is 0 Å². The number of nitrogens with zero attached hydrogens (tertiary/aromatic N) is 3. The predicted molar refractivity (Wildman–Crippen MR) is 126 cm³/mol. The lowest BCUT2D eigenvalue weighted by Gasteiger charge is -2.32. The Bertz CT molecular complexity index is 1030. The topological polar surface area (TPSA) is 67.3 Å². The van der Waals surface area contributed by atoms with Gasteiger partial charge in [-0.1, -0.05) is 18.2 Å². The number of aryl methyl sites for hydroxylation is 2. The molecule has 166 valence electrons. The minimum absolute atomic E-state index is 0.234. The highest BCUT2D eigenvalue weighted by molar-refractivity contribution is 5.76. The maximum Gasteiger partial charge on any atom is 0.222 e. The van der Waals surface area contributed by atoms with Gasteiger partial charge in [-0.3, -0.25) is 9.78 Å². The number of carbonyl (C=O) groups is 1. The zero-order chi connectivity index (χ0) is 22.3. The Balaban J connectivity index is 1.25. The fourth-order valence-electron chi connectivity index (χ4n) is 4.11. The zero-order valence-corrected chi connectivity index (χ0v) is 18.8. The number of hydrogen-bond donors (Lipinski definition) is 1. The summed E-state index contributed by atoms with van der Waals surface area (Å²) in [6.45, 7) is 3.56. The molecule has 3 heterocycles. The summed E-state index contributed by atoms with van der Waals surface area (Å²) in [6, 6.07) is 18.0. The molecule has 1 saturated heterocycles. The molecular weight excluding hydrogens is 400 g/mol. The van der Waals surface area contributed by atoms with E-state index in [1.807, 2.05) is 60.5 Å². The van der Waals surface area contributed by atoms with Gasteiger partial charge in [0.05, 0.1) is 19.0 Å². The number of amides is 1. The molecule has 0 spiro atoms. The van der Waals surface area contributed by atoms with Crippen molar-refractivity contribution < 1.29 is 9.53 Å². The molecule has 1 aliphatic heterocycles. The maximum absolute atomic E-state index is 12.7. The van der Waals surface area contributed by atoms with Crippen molar-refractivity contribution in [3.63, 3.8) is 0 Å². The summed E-state index contributed by atoms with van der Waals surface area (Å²) in [6.07, 6.45) is 5.07. The number of hydrogen-bond acceptors (Lipinski definition) is 5. The van der Waals surface area contributed by atoms with Crippen molar-refractivity contribution in [3.8, 4) is 5.75 Å². The van der Waals surface area contributed by atoms with Gasteiger partial charge in [0.1, 0.15) is 11.6 Å². The number of methoxy groups -OCH3 is 1. The molecule has 1 aromatic carbocycles. The largest absolute Gasteiger partial charge is 0.497 e. The van der Waals surface area contributed by atoms with E-state index in [9.17, 15) is 4.79 Å². The van der Waals surface area contributed by atoms with Crippen molar-refractivity contribution >= 4 is 17.4 Å². The van der Waals surface area contributed by atoms with Crippen LogP contribution in [-0.2, 0) is 11.2 Å². The van der Waals surface area contributed by atoms with Crippen LogP contribution < -0.4 is 10.1 Å². The molecule has 6 heteroatoms. The average molecular weight is 431 g/mol. The molecule has 6 nitrogen and oxygen atoms in total. The Morgan fingerprint density at radius 3 is 2.53 bits per heavy atom. The number of pyridine rings is 2. The molecule has 1 fully saturated rings. The Morgan fingerprint density at radius 1 is 1.09 bits per heavy atom. The van der Waals surface area contributed by atoms with Crippen molar-refractivity contribution in [1.82, 2.24) is 14.9 Å². The quantitative estimate of drug-likeness (QED) is 0.579. The highest BCUT2D eigenvalue weighted by Gasteiger charge is 2.24. The minimum Gasteiger partial charge on any atom is -0.497 e. The van der Waals surface area contributed by atoms with Crippen LogP contribution in [0.4, 0.5) is 11.5 Å². The number of ether oxygens (including phenoxy) is 1. The van der Waals surface area contributed by atoms with E-state index < -0.39 is 0 Å². The van der Waals surface area contributed by atoms with Gasteiger partial charge in [0.15, 0.2) is 0 Å². The number of piperidine rings is 1. The first-order valence-electron chi connectivity index (χ1n) is 11.2. The van der Waals surface area contributed by atoms with Crippen LogP contribution in [0, 0.1) is 6.92 Å². The van der Waals surface area contributed by atoms with Crippen LogP contribution in [-0.4, -0.2) is 41.0 Å². The smallest absolute Gasteiger partial charge is 0.222 e. The first-order valence-corrected chi connectivity index (χ1v) is 11.2. The lowest BCUT2D eigenvalue weighted by atomic mass is 9.92. The number of likely N-dealkylation sites (tertiary alicyclic amines) is 1. The van der Waals surface area contributed by atoms with Crippen molar-refractivity contribution in [3.05, 3.63) is 77.7 Å². The number of aromatic nitrogens is 2. The van der Waals surface area contributed by atoms with Gasteiger partial charge in [-0.15, -0.1) is 0 Å². The van der Waals surface area contributed by atoms with Gasteiger partial charge in [0, 0.05) is 36.8 Å². The van der Waals surface area contributed by atoms with E-state index in [1.165, 1.54) is 0 Å². The highest BCUT2D eigenvalue weighted by atomic mass is 16.5. The third-order valence-corrected chi connectivity index (χ3v) is 6.00. The molecule has 0 unspecified atom stereocenters. The van der Waals surface area contributed by atoms with E-state index in [1.54, 1.807) is 7.11 Å². The Labute approximate surface area is 189 Å². The Hall–Kier alpha value is -3.41. The third kappa shape index (κ3) is 5.63. The van der Waals surface area contributed by atoms with Crippen LogP contribution in [0.25, 0.3) is 0 Å². The van der Waals surface area contributed by atoms with E-state index in [4.69, 9.17) is 4.74 Å². The van der Waals surface area contributed by atoms with Crippen molar-refractivity contribution in [2.75, 3.05) is 25.5 Å². The molecule has 0 atom stereocenters. The van der Waals surface area contributed by atoms with Crippen LogP contribution in [0.3, 0.4) is 0 Å². The van der Waals surface area contributed by atoms with E-state index in [-0.39, 0.29) is 5.91 Å². The second kappa shape index (κ2) is 10.3. The molecule has 32 heavy (non-hydrogen) atoms. The number of benzene rings is 1. The van der Waals surface area contributed by atoms with Gasteiger partial charge in [-0.2, -0.15) is 0 Å². The normalized spacial score (nSPS) is 14.2. The molecule has 2 aromatic heterocycles. The predicted octanol–water partition coefficient (Wildman–Crippen LogP) is 4.88. The summed E-state index contributed by atoms with van der Waals surface area (Å²) in [4.78, 5) is 23.8. The summed E-state index contributed by atoms with van der Waals surface area (Å²) < 4.78 is 5.19. The molecular formula is C26H30N4O2.